The van der Waals surface area contributed by atoms with Gasteiger partial charge in [0.1, 0.15) is 0 Å². The highest BCUT2D eigenvalue weighted by molar-refractivity contribution is 5.97. The van der Waals surface area contributed by atoms with Crippen LogP contribution in [0, 0.1) is 0 Å². The van der Waals surface area contributed by atoms with Crippen LogP contribution in [-0.4, -0.2) is 50.8 Å². The second-order valence-corrected chi connectivity index (χ2v) is 6.79. The quantitative estimate of drug-likeness (QED) is 0.826. The van der Waals surface area contributed by atoms with Gasteiger partial charge < -0.3 is 29.2 Å². The molecule has 8 nitrogen and oxygen atoms in total. The van der Waals surface area contributed by atoms with E-state index < -0.39 is 0 Å². The highest BCUT2D eigenvalue weighted by Crippen LogP contribution is 2.34. The van der Waals surface area contributed by atoms with Crippen molar-refractivity contribution in [2.45, 2.75) is 13.0 Å². The molecule has 8 heteroatoms. The second kappa shape index (κ2) is 7.90. The first-order valence-electron chi connectivity index (χ1n) is 9.28. The van der Waals surface area contributed by atoms with E-state index in [0.717, 1.165) is 17.5 Å². The Balaban J connectivity index is 1.38. The van der Waals surface area contributed by atoms with Crippen molar-refractivity contribution in [2.75, 3.05) is 34.1 Å². The summed E-state index contributed by atoms with van der Waals surface area (Å²) in [6.07, 6.45) is 0.720. The van der Waals surface area contributed by atoms with Gasteiger partial charge in [0.05, 0.1) is 20.8 Å². The Morgan fingerprint density at radius 1 is 1.03 bits per heavy atom. The molecule has 29 heavy (non-hydrogen) atoms. The average Bonchev–Trinajstić information content (AvgIpc) is 3.23. The number of carbonyl (C=O) groups is 2. The molecule has 0 bridgehead atoms. The first-order valence-corrected chi connectivity index (χ1v) is 9.28. The van der Waals surface area contributed by atoms with Crippen molar-refractivity contribution in [1.82, 2.24) is 10.2 Å². The number of ether oxygens (including phenoxy) is 4. The lowest BCUT2D eigenvalue weighted by atomic mass is 9.98. The molecular weight excluding hydrogens is 376 g/mol. The van der Waals surface area contributed by atoms with E-state index in [1.807, 2.05) is 12.1 Å². The summed E-state index contributed by atoms with van der Waals surface area (Å²) in [4.78, 5) is 26.7. The number of nitrogens with one attached hydrogen (secondary N) is 1. The maximum atomic E-state index is 12.6. The van der Waals surface area contributed by atoms with E-state index >= 15 is 0 Å². The van der Waals surface area contributed by atoms with Gasteiger partial charge in [0, 0.05) is 18.7 Å². The predicted molar refractivity (Wildman–Crippen MR) is 104 cm³/mol. The fourth-order valence-corrected chi connectivity index (χ4v) is 3.50. The van der Waals surface area contributed by atoms with E-state index in [2.05, 4.69) is 5.32 Å². The molecule has 0 fully saturated rings. The van der Waals surface area contributed by atoms with Gasteiger partial charge in [-0.15, -0.1) is 0 Å². The SMILES string of the molecule is COc1cc2c(cc1OC)CN(C(=O)CNC(=O)c1ccc3c(c1)OCO3)CC2. The lowest BCUT2D eigenvalue weighted by molar-refractivity contribution is -0.131. The van der Waals surface area contributed by atoms with Crippen LogP contribution >= 0.6 is 0 Å². The molecular formula is C21H22N2O6. The molecule has 2 aliphatic heterocycles. The van der Waals surface area contributed by atoms with Crippen LogP contribution in [0.15, 0.2) is 30.3 Å². The minimum atomic E-state index is -0.333. The minimum absolute atomic E-state index is 0.0735. The molecule has 0 aromatic heterocycles. The minimum Gasteiger partial charge on any atom is -0.493 e. The largest absolute Gasteiger partial charge is 0.493 e. The highest BCUT2D eigenvalue weighted by Gasteiger charge is 2.23. The fourth-order valence-electron chi connectivity index (χ4n) is 3.50. The van der Waals surface area contributed by atoms with Crippen molar-refractivity contribution in [1.29, 1.82) is 0 Å². The summed E-state index contributed by atoms with van der Waals surface area (Å²) in [6.45, 7) is 1.12. The van der Waals surface area contributed by atoms with Crippen molar-refractivity contribution in [2.24, 2.45) is 0 Å². The van der Waals surface area contributed by atoms with Gasteiger partial charge in [0.25, 0.3) is 5.91 Å². The van der Waals surface area contributed by atoms with Gasteiger partial charge in [-0.3, -0.25) is 9.59 Å². The first kappa shape index (κ1) is 18.9. The molecule has 2 aromatic carbocycles. The Labute approximate surface area is 168 Å². The van der Waals surface area contributed by atoms with Crippen molar-refractivity contribution in [3.63, 3.8) is 0 Å². The Bertz CT molecular complexity index is 958. The third-order valence-corrected chi connectivity index (χ3v) is 5.11. The number of benzene rings is 2. The zero-order valence-electron chi connectivity index (χ0n) is 16.3. The standard InChI is InChI=1S/C21H22N2O6/c1-26-17-7-13-5-6-23(11-15(13)9-18(17)27-2)20(24)10-22-21(25)14-3-4-16-19(8-14)29-12-28-16/h3-4,7-9H,5-6,10-12H2,1-2H3,(H,22,25). The molecule has 2 heterocycles. The number of carbonyl (C=O) groups excluding carboxylic acids is 2. The third-order valence-electron chi connectivity index (χ3n) is 5.11. The number of hydrogen-bond acceptors (Lipinski definition) is 6. The molecule has 0 unspecified atom stereocenters. The second-order valence-electron chi connectivity index (χ2n) is 6.79. The van der Waals surface area contributed by atoms with Crippen LogP contribution in [0.5, 0.6) is 23.0 Å². The summed E-state index contributed by atoms with van der Waals surface area (Å²) in [7, 11) is 3.19. The maximum Gasteiger partial charge on any atom is 0.251 e. The summed E-state index contributed by atoms with van der Waals surface area (Å²) in [5.74, 6) is 1.98. The van der Waals surface area contributed by atoms with Crippen LogP contribution in [0.3, 0.4) is 0 Å². The number of rotatable bonds is 5. The van der Waals surface area contributed by atoms with Crippen LogP contribution in [0.1, 0.15) is 21.5 Å². The molecule has 2 aromatic rings. The van der Waals surface area contributed by atoms with Crippen molar-refractivity contribution < 1.29 is 28.5 Å². The van der Waals surface area contributed by atoms with Gasteiger partial charge in [0.15, 0.2) is 23.0 Å². The molecule has 0 aliphatic carbocycles. The van der Waals surface area contributed by atoms with Gasteiger partial charge in [0.2, 0.25) is 12.7 Å². The molecule has 4 rings (SSSR count). The summed E-state index contributed by atoms with van der Waals surface area (Å²) in [5, 5.41) is 2.68. The molecule has 0 radical (unpaired) electrons. The maximum absolute atomic E-state index is 12.6. The van der Waals surface area contributed by atoms with Gasteiger partial charge in [-0.05, 0) is 47.9 Å². The van der Waals surface area contributed by atoms with Crippen molar-refractivity contribution in [3.05, 3.63) is 47.0 Å². The van der Waals surface area contributed by atoms with Gasteiger partial charge in [-0.2, -0.15) is 0 Å². The van der Waals surface area contributed by atoms with E-state index in [1.165, 1.54) is 0 Å². The number of hydrogen-bond donors (Lipinski definition) is 1. The summed E-state index contributed by atoms with van der Waals surface area (Å²) < 4.78 is 21.2. The van der Waals surface area contributed by atoms with Gasteiger partial charge in [-0.25, -0.2) is 0 Å². The van der Waals surface area contributed by atoms with Crippen LogP contribution in [0.4, 0.5) is 0 Å². The number of amides is 2. The van der Waals surface area contributed by atoms with E-state index in [4.69, 9.17) is 18.9 Å². The van der Waals surface area contributed by atoms with E-state index in [0.29, 0.717) is 41.7 Å². The average molecular weight is 398 g/mol. The Hall–Kier alpha value is -3.42. The summed E-state index contributed by atoms with van der Waals surface area (Å²) in [5.41, 5.74) is 2.57. The number of methoxy groups -OCH3 is 2. The zero-order chi connectivity index (χ0) is 20.4. The number of nitrogens with zero attached hydrogens (tertiary/aromatic N) is 1. The van der Waals surface area contributed by atoms with Gasteiger partial charge in [-0.1, -0.05) is 0 Å². The lowest BCUT2D eigenvalue weighted by Crippen LogP contribution is -2.42. The monoisotopic (exact) mass is 398 g/mol. The molecule has 2 aliphatic rings. The Morgan fingerprint density at radius 3 is 2.52 bits per heavy atom. The fraction of sp³-hybridized carbons (Fsp3) is 0.333. The van der Waals surface area contributed by atoms with Crippen molar-refractivity contribution in [3.8, 4) is 23.0 Å². The van der Waals surface area contributed by atoms with E-state index in [-0.39, 0.29) is 25.2 Å². The molecule has 0 atom stereocenters. The molecule has 1 N–H and O–H groups in total. The Kier molecular flexibility index (Phi) is 5.16. The summed E-state index contributed by atoms with van der Waals surface area (Å²) >= 11 is 0. The van der Waals surface area contributed by atoms with Crippen LogP contribution < -0.4 is 24.3 Å². The molecule has 152 valence electrons. The smallest absolute Gasteiger partial charge is 0.251 e. The van der Waals surface area contributed by atoms with Crippen LogP contribution in [0.2, 0.25) is 0 Å². The topological polar surface area (TPSA) is 86.3 Å². The van der Waals surface area contributed by atoms with E-state index in [9.17, 15) is 9.59 Å². The first-order chi connectivity index (χ1) is 14.1. The third kappa shape index (κ3) is 3.78. The lowest BCUT2D eigenvalue weighted by Gasteiger charge is -2.29. The van der Waals surface area contributed by atoms with Crippen LogP contribution in [0.25, 0.3) is 0 Å². The molecule has 0 spiro atoms. The predicted octanol–water partition coefficient (Wildman–Crippen LogP) is 1.75. The summed E-state index contributed by atoms with van der Waals surface area (Å²) in [6, 6.07) is 8.79. The van der Waals surface area contributed by atoms with Crippen molar-refractivity contribution >= 4 is 11.8 Å². The van der Waals surface area contributed by atoms with Crippen LogP contribution in [-0.2, 0) is 17.8 Å². The molecule has 0 saturated carbocycles. The number of fused-ring (bicyclic) bond motifs is 2. The molecule has 0 saturated heterocycles. The molecule has 2 amide bonds. The zero-order valence-corrected chi connectivity index (χ0v) is 16.3. The Morgan fingerprint density at radius 2 is 1.76 bits per heavy atom. The highest BCUT2D eigenvalue weighted by atomic mass is 16.7. The van der Waals surface area contributed by atoms with E-state index in [1.54, 1.807) is 37.3 Å². The normalized spacial score (nSPS) is 14.2. The van der Waals surface area contributed by atoms with Gasteiger partial charge >= 0.3 is 0 Å².